The molecule has 0 spiro atoms. The number of ether oxygens (including phenoxy) is 2. The highest BCUT2D eigenvalue weighted by molar-refractivity contribution is 6.25. The number of benzene rings is 1. The van der Waals surface area contributed by atoms with Gasteiger partial charge in [0.2, 0.25) is 0 Å². The third-order valence-electron chi connectivity index (χ3n) is 5.60. The maximum atomic E-state index is 13.1. The zero-order valence-corrected chi connectivity index (χ0v) is 17.7. The van der Waals surface area contributed by atoms with E-state index in [1.54, 1.807) is 18.5 Å². The second-order valence-corrected chi connectivity index (χ2v) is 7.98. The van der Waals surface area contributed by atoms with Crippen LogP contribution in [0.25, 0.3) is 5.57 Å². The van der Waals surface area contributed by atoms with E-state index in [4.69, 9.17) is 15.2 Å². The Bertz CT molecular complexity index is 1000. The molecule has 2 aliphatic heterocycles. The van der Waals surface area contributed by atoms with Gasteiger partial charge in [0.05, 0.1) is 36.8 Å². The van der Waals surface area contributed by atoms with Crippen LogP contribution in [0.2, 0.25) is 0 Å². The molecule has 3 heterocycles. The smallest absolute Gasteiger partial charge is 0.261 e. The molecule has 4 rings (SSSR count). The Balaban J connectivity index is 1.73. The minimum absolute atomic E-state index is 0.0961. The summed E-state index contributed by atoms with van der Waals surface area (Å²) < 4.78 is 11.6. The number of morpholine rings is 1. The molecule has 0 radical (unpaired) electrons. The maximum absolute atomic E-state index is 13.1. The number of rotatable bonds is 5. The summed E-state index contributed by atoms with van der Waals surface area (Å²) in [6, 6.07) is 3.60. The maximum Gasteiger partial charge on any atom is 0.261 e. The number of carbonyl (C=O) groups is 1. The van der Waals surface area contributed by atoms with Crippen molar-refractivity contribution in [2.24, 2.45) is 5.73 Å². The van der Waals surface area contributed by atoms with Crippen molar-refractivity contribution in [1.29, 1.82) is 0 Å². The summed E-state index contributed by atoms with van der Waals surface area (Å²) in [5.41, 5.74) is 8.63. The Morgan fingerprint density at radius 3 is 2.71 bits per heavy atom. The van der Waals surface area contributed by atoms with Gasteiger partial charge in [-0.3, -0.25) is 4.79 Å². The first-order chi connectivity index (χ1) is 15.0. The molecule has 1 atom stereocenters. The van der Waals surface area contributed by atoms with Crippen LogP contribution in [0.1, 0.15) is 23.9 Å². The van der Waals surface area contributed by atoms with Crippen molar-refractivity contribution in [3.8, 4) is 5.75 Å². The largest absolute Gasteiger partial charge is 0.484 e. The van der Waals surface area contributed by atoms with Crippen LogP contribution >= 0.6 is 0 Å². The summed E-state index contributed by atoms with van der Waals surface area (Å²) in [6.07, 6.45) is 4.88. The Morgan fingerprint density at radius 1 is 1.35 bits per heavy atom. The van der Waals surface area contributed by atoms with Gasteiger partial charge >= 0.3 is 0 Å². The van der Waals surface area contributed by atoms with Gasteiger partial charge in [0.15, 0.2) is 5.82 Å². The first kappa shape index (κ1) is 21.1. The quantitative estimate of drug-likeness (QED) is 0.612. The zero-order chi connectivity index (χ0) is 22.0. The number of nitrogens with one attached hydrogen (secondary N) is 1. The number of amides is 1. The standard InChI is InChI=1S/C22H27N5O4/c1-14-18(27-6-8-30-9-7-27)17(10-15-11-22(2,13-28)31-19(14)15)26-21(29)16(12-23)20-24-4-3-5-25-20/h3-5,10,12,28H,6-9,11,13,23H2,1-2H3,(H,26,29)/t22-/m0/s1. The van der Waals surface area contributed by atoms with E-state index in [1.807, 2.05) is 19.9 Å². The third-order valence-corrected chi connectivity index (χ3v) is 5.60. The van der Waals surface area contributed by atoms with Crippen LogP contribution < -0.4 is 20.7 Å². The summed E-state index contributed by atoms with van der Waals surface area (Å²) in [7, 11) is 0. The number of nitrogens with zero attached hydrogens (tertiary/aromatic N) is 3. The second kappa shape index (κ2) is 8.52. The highest BCUT2D eigenvalue weighted by Crippen LogP contribution is 2.45. The van der Waals surface area contributed by atoms with Gasteiger partial charge in [-0.25, -0.2) is 9.97 Å². The van der Waals surface area contributed by atoms with Gasteiger partial charge in [-0.05, 0) is 26.0 Å². The lowest BCUT2D eigenvalue weighted by Gasteiger charge is -2.32. The lowest BCUT2D eigenvalue weighted by Crippen LogP contribution is -2.37. The molecule has 0 bridgehead atoms. The molecule has 1 fully saturated rings. The number of anilines is 2. The van der Waals surface area contributed by atoms with Gasteiger partial charge in [0.25, 0.3) is 5.91 Å². The highest BCUT2D eigenvalue weighted by atomic mass is 16.5. The zero-order valence-electron chi connectivity index (χ0n) is 17.7. The Kier molecular flexibility index (Phi) is 5.79. The number of hydrogen-bond acceptors (Lipinski definition) is 8. The minimum atomic E-state index is -0.682. The van der Waals surface area contributed by atoms with Gasteiger partial charge in [0, 0.05) is 49.2 Å². The van der Waals surface area contributed by atoms with Gasteiger partial charge in [0.1, 0.15) is 11.4 Å². The molecule has 9 nitrogen and oxygen atoms in total. The van der Waals surface area contributed by atoms with Crippen molar-refractivity contribution in [2.45, 2.75) is 25.9 Å². The molecule has 164 valence electrons. The fraction of sp³-hybridized carbons (Fsp3) is 0.409. The molecule has 9 heteroatoms. The molecule has 1 amide bonds. The van der Waals surface area contributed by atoms with Crippen molar-refractivity contribution in [3.05, 3.63) is 47.7 Å². The summed E-state index contributed by atoms with van der Waals surface area (Å²) in [4.78, 5) is 23.6. The predicted octanol–water partition coefficient (Wildman–Crippen LogP) is 1.25. The van der Waals surface area contributed by atoms with E-state index in [0.29, 0.717) is 38.4 Å². The Hall–Kier alpha value is -3.17. The SMILES string of the molecule is Cc1c2c(cc(NC(=O)C(=CN)c3ncccn3)c1N1CCOCC1)C[C@@](C)(CO)O2. The van der Waals surface area contributed by atoms with Crippen molar-refractivity contribution in [3.63, 3.8) is 0 Å². The number of carbonyl (C=O) groups excluding carboxylic acids is 1. The summed E-state index contributed by atoms with van der Waals surface area (Å²) in [5.74, 6) is 0.618. The van der Waals surface area contributed by atoms with Gasteiger partial charge in [-0.15, -0.1) is 0 Å². The highest BCUT2D eigenvalue weighted by Gasteiger charge is 2.37. The van der Waals surface area contributed by atoms with E-state index < -0.39 is 11.5 Å². The number of hydrogen-bond donors (Lipinski definition) is 3. The van der Waals surface area contributed by atoms with Crippen molar-refractivity contribution >= 4 is 22.9 Å². The lowest BCUT2D eigenvalue weighted by atomic mass is 9.97. The Morgan fingerprint density at radius 2 is 2.06 bits per heavy atom. The van der Waals surface area contributed by atoms with Crippen LogP contribution in [0.5, 0.6) is 5.75 Å². The first-order valence-corrected chi connectivity index (χ1v) is 10.3. The monoisotopic (exact) mass is 425 g/mol. The lowest BCUT2D eigenvalue weighted by molar-refractivity contribution is -0.111. The number of aromatic nitrogens is 2. The second-order valence-electron chi connectivity index (χ2n) is 7.98. The van der Waals surface area contributed by atoms with E-state index in [2.05, 4.69) is 20.2 Å². The number of fused-ring (bicyclic) bond motifs is 1. The van der Waals surface area contributed by atoms with Gasteiger partial charge in [-0.2, -0.15) is 0 Å². The molecule has 0 unspecified atom stereocenters. The average Bonchev–Trinajstić information content (AvgIpc) is 3.13. The van der Waals surface area contributed by atoms with Gasteiger partial charge < -0.3 is 30.5 Å². The molecule has 2 aliphatic rings. The third kappa shape index (κ3) is 4.06. The molecule has 1 saturated heterocycles. The van der Waals surface area contributed by atoms with Gasteiger partial charge in [-0.1, -0.05) is 0 Å². The van der Waals surface area contributed by atoms with Crippen LogP contribution in [-0.4, -0.2) is 59.5 Å². The fourth-order valence-electron chi connectivity index (χ4n) is 4.07. The minimum Gasteiger partial charge on any atom is -0.484 e. The van der Waals surface area contributed by atoms with Crippen LogP contribution in [0.4, 0.5) is 11.4 Å². The summed E-state index contributed by atoms with van der Waals surface area (Å²) in [5, 5.41) is 12.8. The molecular weight excluding hydrogens is 398 g/mol. The topological polar surface area (TPSA) is 123 Å². The van der Waals surface area contributed by atoms with Crippen molar-refractivity contribution in [1.82, 2.24) is 9.97 Å². The van der Waals surface area contributed by atoms with Crippen LogP contribution in [-0.2, 0) is 16.0 Å². The summed E-state index contributed by atoms with van der Waals surface area (Å²) in [6.45, 7) is 6.35. The molecule has 0 saturated carbocycles. The van der Waals surface area contributed by atoms with E-state index in [-0.39, 0.29) is 18.0 Å². The van der Waals surface area contributed by atoms with Crippen molar-refractivity contribution < 1.29 is 19.4 Å². The average molecular weight is 425 g/mol. The van der Waals surface area contributed by atoms with Crippen LogP contribution in [0, 0.1) is 6.92 Å². The molecular formula is C22H27N5O4. The first-order valence-electron chi connectivity index (χ1n) is 10.3. The molecule has 4 N–H and O–H groups in total. The van der Waals surface area contributed by atoms with E-state index in [1.165, 1.54) is 6.20 Å². The molecule has 2 aromatic rings. The van der Waals surface area contributed by atoms with Crippen molar-refractivity contribution in [2.75, 3.05) is 43.1 Å². The Labute approximate surface area is 180 Å². The number of nitrogens with two attached hydrogens (primary N) is 1. The van der Waals surface area contributed by atoms with Crippen LogP contribution in [0.15, 0.2) is 30.7 Å². The van der Waals surface area contributed by atoms with E-state index >= 15 is 0 Å². The normalized spacial score (nSPS) is 20.9. The van der Waals surface area contributed by atoms with Crippen LogP contribution in [0.3, 0.4) is 0 Å². The van der Waals surface area contributed by atoms with E-state index in [9.17, 15) is 9.90 Å². The molecule has 31 heavy (non-hydrogen) atoms. The number of aliphatic hydroxyl groups is 1. The van der Waals surface area contributed by atoms with E-state index in [0.717, 1.165) is 22.6 Å². The molecule has 1 aromatic carbocycles. The summed E-state index contributed by atoms with van der Waals surface area (Å²) >= 11 is 0. The molecule has 0 aliphatic carbocycles. The predicted molar refractivity (Wildman–Crippen MR) is 117 cm³/mol. The fourth-order valence-corrected chi connectivity index (χ4v) is 4.07. The molecule has 1 aromatic heterocycles. The number of aliphatic hydroxyl groups excluding tert-OH is 1.